The fourth-order valence-electron chi connectivity index (χ4n) is 2.39. The first-order valence-electron chi connectivity index (χ1n) is 6.83. The predicted octanol–water partition coefficient (Wildman–Crippen LogP) is 1.70. The SMILES string of the molecule is COc1cc(CO)ccc1S(=O)(=O)N1CCSC(C)C1C. The molecular formula is C14H21NO4S2. The molecule has 0 spiro atoms. The minimum atomic E-state index is -3.60. The van der Waals surface area contributed by atoms with Crippen LogP contribution < -0.4 is 4.74 Å². The van der Waals surface area contributed by atoms with Crippen LogP contribution in [0.3, 0.4) is 0 Å². The lowest BCUT2D eigenvalue weighted by Crippen LogP contribution is -2.47. The third kappa shape index (κ3) is 3.21. The molecule has 0 amide bonds. The largest absolute Gasteiger partial charge is 0.495 e. The van der Waals surface area contributed by atoms with E-state index in [9.17, 15) is 8.42 Å². The van der Waals surface area contributed by atoms with E-state index in [2.05, 4.69) is 0 Å². The van der Waals surface area contributed by atoms with Crippen molar-refractivity contribution in [1.82, 2.24) is 4.31 Å². The Hall–Kier alpha value is -0.760. The van der Waals surface area contributed by atoms with Gasteiger partial charge in [0.05, 0.1) is 13.7 Å². The van der Waals surface area contributed by atoms with Gasteiger partial charge in [0, 0.05) is 23.6 Å². The number of hydrogen-bond donors (Lipinski definition) is 1. The van der Waals surface area contributed by atoms with Crippen molar-refractivity contribution in [2.24, 2.45) is 0 Å². The fourth-order valence-corrected chi connectivity index (χ4v) is 5.53. The zero-order valence-electron chi connectivity index (χ0n) is 12.4. The van der Waals surface area contributed by atoms with Crippen molar-refractivity contribution in [2.75, 3.05) is 19.4 Å². The molecule has 2 atom stereocenters. The number of methoxy groups -OCH3 is 1. The fraction of sp³-hybridized carbons (Fsp3) is 0.571. The molecule has 1 N–H and O–H groups in total. The summed E-state index contributed by atoms with van der Waals surface area (Å²) < 4.78 is 32.5. The summed E-state index contributed by atoms with van der Waals surface area (Å²) in [5, 5.41) is 9.42. The van der Waals surface area contributed by atoms with Gasteiger partial charge < -0.3 is 9.84 Å². The molecular weight excluding hydrogens is 310 g/mol. The van der Waals surface area contributed by atoms with Crippen LogP contribution in [0.5, 0.6) is 5.75 Å². The van der Waals surface area contributed by atoms with Crippen molar-refractivity contribution in [2.45, 2.75) is 36.6 Å². The first-order valence-corrected chi connectivity index (χ1v) is 9.32. The molecule has 0 saturated carbocycles. The molecule has 118 valence electrons. The summed E-state index contributed by atoms with van der Waals surface area (Å²) in [6.07, 6.45) is 0. The summed E-state index contributed by atoms with van der Waals surface area (Å²) in [5.74, 6) is 1.07. The van der Waals surface area contributed by atoms with Crippen molar-refractivity contribution in [3.05, 3.63) is 23.8 Å². The van der Waals surface area contributed by atoms with E-state index in [0.717, 1.165) is 5.75 Å². The summed E-state index contributed by atoms with van der Waals surface area (Å²) in [6.45, 7) is 4.33. The molecule has 0 aliphatic carbocycles. The molecule has 1 saturated heterocycles. The van der Waals surface area contributed by atoms with Gasteiger partial charge in [0.1, 0.15) is 10.6 Å². The zero-order chi connectivity index (χ0) is 15.6. The normalized spacial score (nSPS) is 24.0. The lowest BCUT2D eigenvalue weighted by atomic mass is 10.2. The van der Waals surface area contributed by atoms with E-state index in [0.29, 0.717) is 12.1 Å². The molecule has 2 rings (SSSR count). The molecule has 1 aromatic rings. The van der Waals surface area contributed by atoms with Gasteiger partial charge in [0.15, 0.2) is 0 Å². The molecule has 2 unspecified atom stereocenters. The van der Waals surface area contributed by atoms with Crippen LogP contribution in [0.2, 0.25) is 0 Å². The summed E-state index contributed by atoms with van der Waals surface area (Å²) in [5.41, 5.74) is 0.626. The van der Waals surface area contributed by atoms with E-state index < -0.39 is 10.0 Å². The molecule has 7 heteroatoms. The number of nitrogens with zero attached hydrogens (tertiary/aromatic N) is 1. The highest BCUT2D eigenvalue weighted by Gasteiger charge is 2.36. The Kier molecular flexibility index (Phi) is 5.19. The third-order valence-corrected chi connectivity index (χ3v) is 7.19. The number of aliphatic hydroxyl groups excluding tert-OH is 1. The Balaban J connectivity index is 2.44. The Morgan fingerprint density at radius 2 is 2.14 bits per heavy atom. The van der Waals surface area contributed by atoms with Gasteiger partial charge in [0.2, 0.25) is 10.0 Å². The minimum Gasteiger partial charge on any atom is -0.495 e. The van der Waals surface area contributed by atoms with Crippen molar-refractivity contribution in [3.8, 4) is 5.75 Å². The van der Waals surface area contributed by atoms with Crippen LogP contribution in [0.15, 0.2) is 23.1 Å². The van der Waals surface area contributed by atoms with Gasteiger partial charge in [-0.3, -0.25) is 0 Å². The first kappa shape index (κ1) is 16.6. The number of ether oxygens (including phenoxy) is 1. The van der Waals surface area contributed by atoms with Crippen molar-refractivity contribution in [3.63, 3.8) is 0 Å². The standard InChI is InChI=1S/C14H21NO4S2/c1-10-11(2)20-7-6-15(10)21(17,18)14-5-4-12(9-16)8-13(14)19-3/h4-5,8,10-11,16H,6-7,9H2,1-3H3. The average molecular weight is 331 g/mol. The number of aliphatic hydroxyl groups is 1. The van der Waals surface area contributed by atoms with Gasteiger partial charge >= 0.3 is 0 Å². The third-order valence-electron chi connectivity index (χ3n) is 3.82. The van der Waals surface area contributed by atoms with Crippen LogP contribution in [0.25, 0.3) is 0 Å². The number of benzene rings is 1. The van der Waals surface area contributed by atoms with Gasteiger partial charge in [0.25, 0.3) is 0 Å². The van der Waals surface area contributed by atoms with Crippen LogP contribution in [0.4, 0.5) is 0 Å². The van der Waals surface area contributed by atoms with Gasteiger partial charge in [-0.15, -0.1) is 0 Å². The summed E-state index contributed by atoms with van der Waals surface area (Å²) in [4.78, 5) is 0.160. The van der Waals surface area contributed by atoms with Crippen LogP contribution >= 0.6 is 11.8 Å². The highest BCUT2D eigenvalue weighted by atomic mass is 32.2. The molecule has 0 radical (unpaired) electrons. The highest BCUT2D eigenvalue weighted by Crippen LogP contribution is 2.33. The topological polar surface area (TPSA) is 66.8 Å². The quantitative estimate of drug-likeness (QED) is 0.910. The van der Waals surface area contributed by atoms with Crippen LogP contribution in [0, 0.1) is 0 Å². The maximum absolute atomic E-state index is 12.9. The molecule has 1 heterocycles. The molecule has 5 nitrogen and oxygen atoms in total. The van der Waals surface area contributed by atoms with E-state index in [1.54, 1.807) is 28.2 Å². The Bertz CT molecular complexity index is 603. The number of sulfonamides is 1. The summed E-state index contributed by atoms with van der Waals surface area (Å²) in [7, 11) is -2.16. The van der Waals surface area contributed by atoms with Gasteiger partial charge in [-0.1, -0.05) is 13.0 Å². The number of thioether (sulfide) groups is 1. The van der Waals surface area contributed by atoms with Crippen molar-refractivity contribution in [1.29, 1.82) is 0 Å². The Morgan fingerprint density at radius 3 is 2.76 bits per heavy atom. The van der Waals surface area contributed by atoms with E-state index in [1.165, 1.54) is 13.2 Å². The second-order valence-electron chi connectivity index (χ2n) is 5.08. The summed E-state index contributed by atoms with van der Waals surface area (Å²) in [6, 6.07) is 4.64. The van der Waals surface area contributed by atoms with E-state index >= 15 is 0 Å². The molecule has 1 aliphatic heterocycles. The smallest absolute Gasteiger partial charge is 0.247 e. The molecule has 0 bridgehead atoms. The molecule has 1 fully saturated rings. The first-order chi connectivity index (χ1) is 9.91. The van der Waals surface area contributed by atoms with Crippen LogP contribution in [0.1, 0.15) is 19.4 Å². The number of hydrogen-bond acceptors (Lipinski definition) is 5. The Morgan fingerprint density at radius 1 is 1.43 bits per heavy atom. The second kappa shape index (κ2) is 6.56. The minimum absolute atomic E-state index is 0.0593. The van der Waals surface area contributed by atoms with E-state index in [-0.39, 0.29) is 28.5 Å². The maximum atomic E-state index is 12.9. The summed E-state index contributed by atoms with van der Waals surface area (Å²) >= 11 is 1.79. The molecule has 1 aliphatic rings. The van der Waals surface area contributed by atoms with Crippen LogP contribution in [-0.4, -0.2) is 48.5 Å². The molecule has 1 aromatic carbocycles. The molecule has 0 aromatic heterocycles. The van der Waals surface area contributed by atoms with Gasteiger partial charge in [-0.2, -0.15) is 16.1 Å². The van der Waals surface area contributed by atoms with E-state index in [1.807, 2.05) is 13.8 Å². The van der Waals surface area contributed by atoms with E-state index in [4.69, 9.17) is 9.84 Å². The average Bonchev–Trinajstić information content (AvgIpc) is 2.49. The van der Waals surface area contributed by atoms with Crippen molar-refractivity contribution < 1.29 is 18.3 Å². The highest BCUT2D eigenvalue weighted by molar-refractivity contribution is 8.00. The maximum Gasteiger partial charge on any atom is 0.247 e. The Labute approximate surface area is 130 Å². The van der Waals surface area contributed by atoms with Gasteiger partial charge in [-0.25, -0.2) is 8.42 Å². The molecule has 21 heavy (non-hydrogen) atoms. The monoisotopic (exact) mass is 331 g/mol. The van der Waals surface area contributed by atoms with Crippen LogP contribution in [-0.2, 0) is 16.6 Å². The lowest BCUT2D eigenvalue weighted by Gasteiger charge is -2.36. The zero-order valence-corrected chi connectivity index (χ0v) is 14.1. The van der Waals surface area contributed by atoms with Gasteiger partial charge in [-0.05, 0) is 24.6 Å². The van der Waals surface area contributed by atoms with Crippen molar-refractivity contribution >= 4 is 21.8 Å². The second-order valence-corrected chi connectivity index (χ2v) is 8.42. The number of rotatable bonds is 4. The lowest BCUT2D eigenvalue weighted by molar-refractivity contribution is 0.280. The predicted molar refractivity (Wildman–Crippen MR) is 84.2 cm³/mol.